The maximum absolute atomic E-state index is 7.25. The Bertz CT molecular complexity index is 1250. The second-order valence-electron chi connectivity index (χ2n) is 7.93. The maximum Gasteiger partial charge on any atom is 0.259 e. The van der Waals surface area contributed by atoms with Gasteiger partial charge in [0.25, 0.3) is 5.88 Å². The lowest BCUT2D eigenvalue weighted by Gasteiger charge is -2.17. The third-order valence-electron chi connectivity index (χ3n) is 5.72. The van der Waals surface area contributed by atoms with Crippen molar-refractivity contribution in [3.8, 4) is 28.4 Å². The maximum atomic E-state index is 7.25. The Hall–Kier alpha value is -3.69. The van der Waals surface area contributed by atoms with E-state index < -0.39 is 0 Å². The van der Waals surface area contributed by atoms with Crippen molar-refractivity contribution in [2.24, 2.45) is 5.92 Å². The molecule has 0 radical (unpaired) electrons. The molecule has 1 fully saturated rings. The van der Waals surface area contributed by atoms with Gasteiger partial charge in [0.2, 0.25) is 5.65 Å². The molecule has 6 heteroatoms. The molecule has 1 atom stereocenters. The Balaban J connectivity index is 1.67. The molecular formula is C25H23N5O. The van der Waals surface area contributed by atoms with Gasteiger partial charge in [-0.25, -0.2) is 14.8 Å². The molecule has 0 unspecified atom stereocenters. The fourth-order valence-electron chi connectivity index (χ4n) is 3.99. The van der Waals surface area contributed by atoms with E-state index in [4.69, 9.17) is 16.3 Å². The van der Waals surface area contributed by atoms with Gasteiger partial charge in [-0.2, -0.15) is 0 Å². The van der Waals surface area contributed by atoms with Crippen molar-refractivity contribution in [2.45, 2.75) is 13.3 Å². The lowest BCUT2D eigenvalue weighted by Crippen LogP contribution is -2.16. The number of benzene rings is 2. The molecule has 1 saturated heterocycles. The average molecular weight is 409 g/mol. The molecule has 4 aromatic rings. The van der Waals surface area contributed by atoms with Gasteiger partial charge >= 0.3 is 0 Å². The van der Waals surface area contributed by atoms with Crippen LogP contribution in [0.25, 0.3) is 33.0 Å². The number of rotatable bonds is 5. The molecule has 0 aliphatic carbocycles. The summed E-state index contributed by atoms with van der Waals surface area (Å²) < 4.78 is 8.25. The van der Waals surface area contributed by atoms with Gasteiger partial charge in [-0.05, 0) is 25.5 Å². The summed E-state index contributed by atoms with van der Waals surface area (Å²) in [5, 5.41) is 3.38. The van der Waals surface area contributed by atoms with E-state index in [1.54, 1.807) is 6.20 Å². The zero-order chi connectivity index (χ0) is 21.2. The highest BCUT2D eigenvalue weighted by Crippen LogP contribution is 2.35. The van der Waals surface area contributed by atoms with Gasteiger partial charge in [-0.15, -0.1) is 0 Å². The van der Waals surface area contributed by atoms with Crippen LogP contribution in [-0.4, -0.2) is 34.1 Å². The van der Waals surface area contributed by atoms with Gasteiger partial charge < -0.3 is 10.1 Å². The highest BCUT2D eigenvalue weighted by Gasteiger charge is 2.21. The van der Waals surface area contributed by atoms with Crippen molar-refractivity contribution in [3.63, 3.8) is 0 Å². The van der Waals surface area contributed by atoms with Crippen LogP contribution in [0.3, 0.4) is 0 Å². The van der Waals surface area contributed by atoms with E-state index in [9.17, 15) is 0 Å². The molecule has 0 amide bonds. The van der Waals surface area contributed by atoms with Gasteiger partial charge in [0, 0.05) is 30.4 Å². The van der Waals surface area contributed by atoms with E-state index in [1.807, 2.05) is 30.5 Å². The standard InChI is InChI=1S/C25H23N5O/c1-17-3-5-20(6-4-17)23-22(19-7-9-21(26-2)10-8-19)29-25(24-28-13-14-30(23)24)31-16-18-11-12-27-15-18/h3-10,13-14,18,27H,11-12,15-16H2,1H3/t18-/m1/s1. The lowest BCUT2D eigenvalue weighted by molar-refractivity contribution is 0.253. The van der Waals surface area contributed by atoms with Crippen molar-refractivity contribution in [2.75, 3.05) is 19.7 Å². The summed E-state index contributed by atoms with van der Waals surface area (Å²) in [4.78, 5) is 13.0. The molecule has 31 heavy (non-hydrogen) atoms. The molecule has 2 aromatic heterocycles. The molecule has 1 N–H and O–H groups in total. The van der Waals surface area contributed by atoms with Crippen molar-refractivity contribution < 1.29 is 4.74 Å². The third kappa shape index (κ3) is 3.76. The van der Waals surface area contributed by atoms with Crippen molar-refractivity contribution in [1.29, 1.82) is 0 Å². The predicted molar refractivity (Wildman–Crippen MR) is 121 cm³/mol. The summed E-state index contributed by atoms with van der Waals surface area (Å²) in [6, 6.07) is 15.9. The summed E-state index contributed by atoms with van der Waals surface area (Å²) in [6.45, 7) is 11.9. The van der Waals surface area contributed by atoms with Gasteiger partial charge in [-0.1, -0.05) is 54.1 Å². The minimum Gasteiger partial charge on any atom is -0.475 e. The Morgan fingerprint density at radius 1 is 1.13 bits per heavy atom. The number of ether oxygens (including phenoxy) is 1. The summed E-state index contributed by atoms with van der Waals surface area (Å²) in [7, 11) is 0. The molecule has 0 spiro atoms. The molecule has 154 valence electrons. The van der Waals surface area contributed by atoms with Crippen LogP contribution in [0.5, 0.6) is 5.88 Å². The molecule has 6 nitrogen and oxygen atoms in total. The van der Waals surface area contributed by atoms with Crippen LogP contribution in [-0.2, 0) is 0 Å². The normalized spacial score (nSPS) is 15.8. The number of imidazole rings is 1. The second-order valence-corrected chi connectivity index (χ2v) is 7.93. The zero-order valence-electron chi connectivity index (χ0n) is 17.4. The first kappa shape index (κ1) is 19.3. The Labute approximate surface area is 181 Å². The minimum atomic E-state index is 0.481. The minimum absolute atomic E-state index is 0.481. The second kappa shape index (κ2) is 8.21. The molecule has 0 bridgehead atoms. The van der Waals surface area contributed by atoms with E-state index in [-0.39, 0.29) is 0 Å². The fraction of sp³-hybridized carbons (Fsp3) is 0.240. The van der Waals surface area contributed by atoms with E-state index in [1.165, 1.54) is 5.56 Å². The predicted octanol–water partition coefficient (Wildman–Crippen LogP) is 4.91. The van der Waals surface area contributed by atoms with Gasteiger partial charge in [0.05, 0.1) is 24.6 Å². The van der Waals surface area contributed by atoms with E-state index >= 15 is 0 Å². The Morgan fingerprint density at radius 3 is 2.61 bits per heavy atom. The topological polar surface area (TPSA) is 55.8 Å². The highest BCUT2D eigenvalue weighted by molar-refractivity contribution is 5.82. The zero-order valence-corrected chi connectivity index (χ0v) is 17.4. The van der Waals surface area contributed by atoms with Crippen LogP contribution in [0, 0.1) is 19.4 Å². The number of nitrogens with one attached hydrogen (secondary N) is 1. The average Bonchev–Trinajstić information content (AvgIpc) is 3.50. The number of aryl methyl sites for hydroxylation is 1. The van der Waals surface area contributed by atoms with Crippen LogP contribution < -0.4 is 10.1 Å². The summed E-state index contributed by atoms with van der Waals surface area (Å²) in [5.74, 6) is 1.02. The monoisotopic (exact) mass is 409 g/mol. The largest absolute Gasteiger partial charge is 0.475 e. The van der Waals surface area contributed by atoms with Crippen LogP contribution in [0.4, 0.5) is 5.69 Å². The summed E-state index contributed by atoms with van der Waals surface area (Å²) >= 11 is 0. The van der Waals surface area contributed by atoms with Crippen LogP contribution in [0.15, 0.2) is 60.9 Å². The van der Waals surface area contributed by atoms with Crippen LogP contribution in [0.1, 0.15) is 12.0 Å². The van der Waals surface area contributed by atoms with Crippen LogP contribution >= 0.6 is 0 Å². The molecular weight excluding hydrogens is 386 g/mol. The van der Waals surface area contributed by atoms with E-state index in [2.05, 4.69) is 50.7 Å². The van der Waals surface area contributed by atoms with E-state index in [0.29, 0.717) is 29.7 Å². The van der Waals surface area contributed by atoms with E-state index in [0.717, 1.165) is 42.0 Å². The molecule has 0 saturated carbocycles. The quantitative estimate of drug-likeness (QED) is 0.476. The SMILES string of the molecule is [C-]#[N+]c1ccc(-c2nc(OC[C@@H]3CCNC3)c3nccn3c2-c2ccc(C)cc2)cc1. The van der Waals surface area contributed by atoms with Crippen LogP contribution in [0.2, 0.25) is 0 Å². The van der Waals surface area contributed by atoms with Crippen molar-refractivity contribution >= 4 is 11.3 Å². The third-order valence-corrected chi connectivity index (χ3v) is 5.72. The van der Waals surface area contributed by atoms with Gasteiger partial charge in [0.1, 0.15) is 0 Å². The Kier molecular flexibility index (Phi) is 5.11. The fourth-order valence-corrected chi connectivity index (χ4v) is 3.99. The van der Waals surface area contributed by atoms with Crippen molar-refractivity contribution in [1.82, 2.24) is 19.7 Å². The molecule has 1 aliphatic heterocycles. The Morgan fingerprint density at radius 2 is 1.90 bits per heavy atom. The summed E-state index contributed by atoms with van der Waals surface area (Å²) in [6.07, 6.45) is 4.84. The highest BCUT2D eigenvalue weighted by atomic mass is 16.5. The van der Waals surface area contributed by atoms with Gasteiger partial charge in [-0.3, -0.25) is 4.40 Å². The van der Waals surface area contributed by atoms with Gasteiger partial charge in [0.15, 0.2) is 5.69 Å². The van der Waals surface area contributed by atoms with Crippen molar-refractivity contribution in [3.05, 3.63) is 77.9 Å². The lowest BCUT2D eigenvalue weighted by atomic mass is 10.0. The molecule has 5 rings (SSSR count). The molecule has 3 heterocycles. The first-order chi connectivity index (χ1) is 15.2. The summed E-state index contributed by atoms with van der Waals surface area (Å²) in [5.41, 5.74) is 6.27. The molecule has 2 aromatic carbocycles. The number of hydrogen-bond donors (Lipinski definition) is 1. The number of hydrogen-bond acceptors (Lipinski definition) is 4. The first-order valence-corrected chi connectivity index (χ1v) is 10.5. The first-order valence-electron chi connectivity index (χ1n) is 10.5. The smallest absolute Gasteiger partial charge is 0.259 e. The number of fused-ring (bicyclic) bond motifs is 1. The number of aromatic nitrogens is 3. The molecule has 1 aliphatic rings. The number of nitrogens with zero attached hydrogens (tertiary/aromatic N) is 4.